The van der Waals surface area contributed by atoms with Crippen molar-refractivity contribution in [2.24, 2.45) is 11.1 Å². The van der Waals surface area contributed by atoms with Gasteiger partial charge in [-0.3, -0.25) is 4.79 Å². The zero-order chi connectivity index (χ0) is 13.6. The summed E-state index contributed by atoms with van der Waals surface area (Å²) < 4.78 is 31.0. The molecule has 0 aromatic heterocycles. The Labute approximate surface area is 118 Å². The lowest BCUT2D eigenvalue weighted by Crippen LogP contribution is -2.47. The highest BCUT2D eigenvalue weighted by Crippen LogP contribution is 2.41. The molecule has 0 heterocycles. The number of alkyl halides is 2. The van der Waals surface area contributed by atoms with Crippen molar-refractivity contribution in [1.29, 1.82) is 0 Å². The van der Waals surface area contributed by atoms with Crippen LogP contribution in [0, 0.1) is 5.41 Å². The number of nitrogens with one attached hydrogen (secondary N) is 1. The van der Waals surface area contributed by atoms with Gasteiger partial charge < -0.3 is 15.8 Å². The molecule has 1 saturated carbocycles. The molecule has 1 amide bonds. The van der Waals surface area contributed by atoms with Crippen molar-refractivity contribution in [3.05, 3.63) is 0 Å². The molecule has 0 atom stereocenters. The van der Waals surface area contributed by atoms with Gasteiger partial charge in [0.05, 0.1) is 18.5 Å². The lowest BCUT2D eigenvalue weighted by atomic mass is 9.82. The highest BCUT2D eigenvalue weighted by Gasteiger charge is 2.41. The summed E-state index contributed by atoms with van der Waals surface area (Å²) in [6, 6.07) is 0. The summed E-state index contributed by atoms with van der Waals surface area (Å²) in [6.07, 6.45) is 4.01. The van der Waals surface area contributed by atoms with Crippen LogP contribution in [0.4, 0.5) is 8.78 Å². The number of hydrogen-bond acceptors (Lipinski definition) is 3. The van der Waals surface area contributed by atoms with Gasteiger partial charge in [-0.05, 0) is 19.3 Å². The maximum absolute atomic E-state index is 13.0. The van der Waals surface area contributed by atoms with Crippen molar-refractivity contribution in [3.63, 3.8) is 0 Å². The van der Waals surface area contributed by atoms with Crippen LogP contribution < -0.4 is 11.1 Å². The van der Waals surface area contributed by atoms with Gasteiger partial charge in [0.2, 0.25) is 5.91 Å². The van der Waals surface area contributed by atoms with Gasteiger partial charge in [-0.2, -0.15) is 0 Å². The Kier molecular flexibility index (Phi) is 7.78. The Hall–Kier alpha value is -0.460. The molecule has 1 fully saturated rings. The first-order valence-corrected chi connectivity index (χ1v) is 6.31. The lowest BCUT2D eigenvalue weighted by Gasteiger charge is -2.28. The normalized spacial score (nSPS) is 17.9. The zero-order valence-electron chi connectivity index (χ0n) is 11.2. The van der Waals surface area contributed by atoms with Crippen LogP contribution in [0.5, 0.6) is 0 Å². The first-order chi connectivity index (χ1) is 8.46. The molecule has 0 radical (unpaired) electrons. The number of halogens is 3. The van der Waals surface area contributed by atoms with Crippen LogP contribution in [0.15, 0.2) is 0 Å². The van der Waals surface area contributed by atoms with Crippen molar-refractivity contribution >= 4 is 18.3 Å². The molecule has 0 aromatic rings. The molecule has 7 heteroatoms. The maximum Gasteiger partial charge on any atom is 0.277 e. The van der Waals surface area contributed by atoms with Crippen LogP contribution in [0.3, 0.4) is 0 Å². The second-order valence-corrected chi connectivity index (χ2v) is 4.97. The molecule has 4 nitrogen and oxygen atoms in total. The van der Waals surface area contributed by atoms with Crippen LogP contribution in [0.2, 0.25) is 0 Å². The summed E-state index contributed by atoms with van der Waals surface area (Å²) >= 11 is 0. The summed E-state index contributed by atoms with van der Waals surface area (Å²) in [5.74, 6) is -3.32. The minimum Gasteiger partial charge on any atom is -0.385 e. The Morgan fingerprint density at radius 3 is 2.47 bits per heavy atom. The SMILES string of the molecule is COCCC1(C(=O)NCC(F)(F)CN)CCCC1.Cl. The Morgan fingerprint density at radius 2 is 2.00 bits per heavy atom. The van der Waals surface area contributed by atoms with E-state index < -0.39 is 24.4 Å². The molecule has 1 aliphatic rings. The van der Waals surface area contributed by atoms with Crippen molar-refractivity contribution in [3.8, 4) is 0 Å². The Balaban J connectivity index is 0.00000324. The molecule has 0 bridgehead atoms. The Bertz CT molecular complexity index is 285. The summed E-state index contributed by atoms with van der Waals surface area (Å²) in [7, 11) is 1.57. The van der Waals surface area contributed by atoms with Crippen LogP contribution in [0.1, 0.15) is 32.1 Å². The van der Waals surface area contributed by atoms with Gasteiger partial charge in [-0.15, -0.1) is 12.4 Å². The molecule has 1 rings (SSSR count). The summed E-state index contributed by atoms with van der Waals surface area (Å²) in [4.78, 5) is 12.1. The van der Waals surface area contributed by atoms with E-state index >= 15 is 0 Å². The molecule has 0 saturated heterocycles. The van der Waals surface area contributed by atoms with Gasteiger partial charge in [0, 0.05) is 13.7 Å². The zero-order valence-corrected chi connectivity index (χ0v) is 12.0. The fraction of sp³-hybridized carbons (Fsp3) is 0.917. The average Bonchev–Trinajstić information content (AvgIpc) is 2.83. The third kappa shape index (κ3) is 5.20. The van der Waals surface area contributed by atoms with E-state index in [2.05, 4.69) is 5.32 Å². The summed E-state index contributed by atoms with van der Waals surface area (Å²) in [5.41, 5.74) is 4.41. The Morgan fingerprint density at radius 1 is 1.42 bits per heavy atom. The van der Waals surface area contributed by atoms with Gasteiger partial charge in [0.25, 0.3) is 5.92 Å². The van der Waals surface area contributed by atoms with Crippen molar-refractivity contribution in [2.75, 3.05) is 26.8 Å². The van der Waals surface area contributed by atoms with E-state index in [1.54, 1.807) is 7.11 Å². The lowest BCUT2D eigenvalue weighted by molar-refractivity contribution is -0.133. The highest BCUT2D eigenvalue weighted by atomic mass is 35.5. The quantitative estimate of drug-likeness (QED) is 0.752. The highest BCUT2D eigenvalue weighted by molar-refractivity contribution is 5.85. The average molecular weight is 301 g/mol. The molecule has 0 aromatic carbocycles. The topological polar surface area (TPSA) is 64.3 Å². The minimum atomic E-state index is -3.03. The first-order valence-electron chi connectivity index (χ1n) is 6.31. The van der Waals surface area contributed by atoms with Gasteiger partial charge >= 0.3 is 0 Å². The van der Waals surface area contributed by atoms with Gasteiger partial charge in [0.1, 0.15) is 0 Å². The van der Waals surface area contributed by atoms with E-state index in [1.807, 2.05) is 0 Å². The van der Waals surface area contributed by atoms with E-state index in [1.165, 1.54) is 0 Å². The van der Waals surface area contributed by atoms with Crippen molar-refractivity contribution < 1.29 is 18.3 Å². The molecular formula is C12H23ClF2N2O2. The molecule has 0 spiro atoms. The fourth-order valence-corrected chi connectivity index (χ4v) is 2.41. The number of methoxy groups -OCH3 is 1. The van der Waals surface area contributed by atoms with E-state index in [0.717, 1.165) is 25.7 Å². The summed E-state index contributed by atoms with van der Waals surface area (Å²) in [5, 5.41) is 2.34. The van der Waals surface area contributed by atoms with Crippen LogP contribution in [-0.2, 0) is 9.53 Å². The van der Waals surface area contributed by atoms with E-state index in [0.29, 0.717) is 13.0 Å². The van der Waals surface area contributed by atoms with E-state index in [-0.39, 0.29) is 18.3 Å². The molecule has 114 valence electrons. The summed E-state index contributed by atoms with van der Waals surface area (Å²) in [6.45, 7) is -0.962. The minimum absolute atomic E-state index is 0. The smallest absolute Gasteiger partial charge is 0.277 e. The number of hydrogen-bond donors (Lipinski definition) is 2. The molecule has 3 N–H and O–H groups in total. The van der Waals surface area contributed by atoms with Crippen LogP contribution >= 0.6 is 12.4 Å². The molecule has 0 unspecified atom stereocenters. The molecule has 19 heavy (non-hydrogen) atoms. The van der Waals surface area contributed by atoms with Gasteiger partial charge in [-0.25, -0.2) is 8.78 Å². The predicted octanol–water partition coefficient (Wildman–Crippen LogP) is 1.72. The molecule has 1 aliphatic carbocycles. The van der Waals surface area contributed by atoms with E-state index in [9.17, 15) is 13.6 Å². The fourth-order valence-electron chi connectivity index (χ4n) is 2.41. The largest absolute Gasteiger partial charge is 0.385 e. The number of nitrogens with two attached hydrogens (primary N) is 1. The first kappa shape index (κ1) is 18.5. The number of carbonyl (C=O) groups excluding carboxylic acids is 1. The number of rotatable bonds is 7. The second kappa shape index (κ2) is 7.97. The van der Waals surface area contributed by atoms with Crippen LogP contribution in [-0.4, -0.2) is 38.6 Å². The second-order valence-electron chi connectivity index (χ2n) is 4.97. The standard InChI is InChI=1S/C12H22F2N2O2.ClH/c1-18-7-6-11(4-2-3-5-11)10(17)16-9-12(13,14)8-15;/h2-9,15H2,1H3,(H,16,17);1H. The monoisotopic (exact) mass is 300 g/mol. The van der Waals surface area contributed by atoms with Gasteiger partial charge in [0.15, 0.2) is 0 Å². The predicted molar refractivity (Wildman–Crippen MR) is 71.7 cm³/mol. The van der Waals surface area contributed by atoms with Crippen LogP contribution in [0.25, 0.3) is 0 Å². The maximum atomic E-state index is 13.0. The van der Waals surface area contributed by atoms with Crippen molar-refractivity contribution in [2.45, 2.75) is 38.0 Å². The van der Waals surface area contributed by atoms with E-state index in [4.69, 9.17) is 10.5 Å². The van der Waals surface area contributed by atoms with Crippen molar-refractivity contribution in [1.82, 2.24) is 5.32 Å². The number of ether oxygens (including phenoxy) is 1. The number of amides is 1. The molecule has 0 aliphatic heterocycles. The van der Waals surface area contributed by atoms with Gasteiger partial charge in [-0.1, -0.05) is 12.8 Å². The molecular weight excluding hydrogens is 278 g/mol. The number of carbonyl (C=O) groups is 1. The third-order valence-corrected chi connectivity index (χ3v) is 3.63. The third-order valence-electron chi connectivity index (χ3n) is 3.63.